The van der Waals surface area contributed by atoms with Gasteiger partial charge in [0.25, 0.3) is 0 Å². The fourth-order valence-corrected chi connectivity index (χ4v) is 1.03. The highest BCUT2D eigenvalue weighted by molar-refractivity contribution is 7.97. The van der Waals surface area contributed by atoms with E-state index in [-0.39, 0.29) is 11.9 Å². The zero-order valence-corrected chi connectivity index (χ0v) is 7.20. The number of primary amides is 1. The molecule has 0 saturated heterocycles. The van der Waals surface area contributed by atoms with Gasteiger partial charge in [-0.25, -0.2) is 0 Å². The van der Waals surface area contributed by atoms with Gasteiger partial charge in [-0.05, 0) is 13.3 Å². The van der Waals surface area contributed by atoms with Crippen LogP contribution < -0.4 is 10.5 Å². The summed E-state index contributed by atoms with van der Waals surface area (Å²) in [6.45, 7) is 3.84. The minimum Gasteiger partial charge on any atom is -0.368 e. The maximum atomic E-state index is 10.4. The predicted octanol–water partition coefficient (Wildman–Crippen LogP) is 0.508. The number of nitrogens with one attached hydrogen (secondary N) is 1. The Balaban J connectivity index is 3.21. The van der Waals surface area contributed by atoms with E-state index >= 15 is 0 Å². The molecule has 0 aliphatic carbocycles. The van der Waals surface area contributed by atoms with Crippen molar-refractivity contribution in [3.63, 3.8) is 0 Å². The molecule has 0 bridgehead atoms. The molecule has 1 unspecified atom stereocenters. The molecule has 0 heterocycles. The number of amides is 1. The summed E-state index contributed by atoms with van der Waals surface area (Å²) < 4.78 is 2.93. The Morgan fingerprint density at radius 1 is 1.80 bits per heavy atom. The van der Waals surface area contributed by atoms with E-state index in [2.05, 4.69) is 11.6 Å². The van der Waals surface area contributed by atoms with Crippen LogP contribution in [-0.4, -0.2) is 17.7 Å². The van der Waals surface area contributed by atoms with Gasteiger partial charge in [0.1, 0.15) is 0 Å². The molecule has 0 aromatic rings. The van der Waals surface area contributed by atoms with Crippen LogP contribution >= 0.6 is 11.9 Å². The molecule has 0 fully saturated rings. The molecule has 1 amide bonds. The minimum absolute atomic E-state index is 0.225. The molecule has 0 aromatic carbocycles. The van der Waals surface area contributed by atoms with Crippen LogP contribution in [0.5, 0.6) is 0 Å². The van der Waals surface area contributed by atoms with Crippen LogP contribution in [0.25, 0.3) is 0 Å². The van der Waals surface area contributed by atoms with E-state index in [0.29, 0.717) is 0 Å². The van der Waals surface area contributed by atoms with Crippen molar-refractivity contribution >= 4 is 17.9 Å². The summed E-state index contributed by atoms with van der Waals surface area (Å²) in [4.78, 5) is 10.4. The normalized spacial score (nSPS) is 13.0. The van der Waals surface area contributed by atoms with Crippen molar-refractivity contribution in [3.8, 4) is 0 Å². The summed E-state index contributed by atoms with van der Waals surface area (Å²) in [5.74, 6) is 0.709. The molecule has 10 heavy (non-hydrogen) atoms. The average molecular weight is 162 g/mol. The standard InChI is InChI=1S/C6H14N2OS/c1-3-4-10-8-5(2)6(7)9/h5,8H,3-4H2,1-2H3,(H2,7,9). The lowest BCUT2D eigenvalue weighted by Gasteiger charge is -2.07. The molecule has 0 rings (SSSR count). The van der Waals surface area contributed by atoms with Crippen LogP contribution in [0.15, 0.2) is 0 Å². The first-order chi connectivity index (χ1) is 4.68. The van der Waals surface area contributed by atoms with Crippen molar-refractivity contribution in [2.24, 2.45) is 5.73 Å². The number of carbonyl (C=O) groups excluding carboxylic acids is 1. The van der Waals surface area contributed by atoms with Crippen LogP contribution in [0.3, 0.4) is 0 Å². The maximum Gasteiger partial charge on any atom is 0.235 e. The van der Waals surface area contributed by atoms with Gasteiger partial charge in [0.05, 0.1) is 6.04 Å². The zero-order chi connectivity index (χ0) is 7.98. The number of rotatable bonds is 5. The van der Waals surface area contributed by atoms with Crippen LogP contribution in [0.4, 0.5) is 0 Å². The summed E-state index contributed by atoms with van der Waals surface area (Å²) in [6.07, 6.45) is 1.10. The van der Waals surface area contributed by atoms with Gasteiger partial charge in [-0.3, -0.25) is 9.52 Å². The fraction of sp³-hybridized carbons (Fsp3) is 0.833. The average Bonchev–Trinajstić information content (AvgIpc) is 1.88. The first-order valence-corrected chi connectivity index (χ1v) is 4.33. The summed E-state index contributed by atoms with van der Waals surface area (Å²) in [7, 11) is 0. The maximum absolute atomic E-state index is 10.4. The van der Waals surface area contributed by atoms with E-state index in [9.17, 15) is 4.79 Å². The van der Waals surface area contributed by atoms with Crippen LogP contribution in [0.1, 0.15) is 20.3 Å². The summed E-state index contributed by atoms with van der Waals surface area (Å²) in [5, 5.41) is 0. The second kappa shape index (κ2) is 5.56. The van der Waals surface area contributed by atoms with E-state index in [0.717, 1.165) is 12.2 Å². The SMILES string of the molecule is CCCSNC(C)C(N)=O. The highest BCUT2D eigenvalue weighted by atomic mass is 32.2. The summed E-state index contributed by atoms with van der Waals surface area (Å²) in [6, 6.07) is -0.225. The van der Waals surface area contributed by atoms with Crippen LogP contribution in [0.2, 0.25) is 0 Å². The molecule has 0 aliphatic rings. The Kier molecular flexibility index (Phi) is 5.43. The largest absolute Gasteiger partial charge is 0.368 e. The monoisotopic (exact) mass is 162 g/mol. The lowest BCUT2D eigenvalue weighted by atomic mass is 10.4. The van der Waals surface area contributed by atoms with Crippen molar-refractivity contribution in [1.82, 2.24) is 4.72 Å². The lowest BCUT2D eigenvalue weighted by molar-refractivity contribution is -0.119. The van der Waals surface area contributed by atoms with E-state index in [1.807, 2.05) is 0 Å². The third-order valence-corrected chi connectivity index (χ3v) is 2.13. The quantitative estimate of drug-likeness (QED) is 0.457. The zero-order valence-electron chi connectivity index (χ0n) is 6.39. The van der Waals surface area contributed by atoms with Gasteiger partial charge in [0.15, 0.2) is 0 Å². The van der Waals surface area contributed by atoms with Crippen molar-refractivity contribution in [2.75, 3.05) is 5.75 Å². The van der Waals surface area contributed by atoms with Crippen molar-refractivity contribution in [3.05, 3.63) is 0 Å². The first kappa shape index (κ1) is 9.78. The molecule has 0 aromatic heterocycles. The van der Waals surface area contributed by atoms with Gasteiger partial charge in [0, 0.05) is 5.75 Å². The van der Waals surface area contributed by atoms with E-state index in [1.54, 1.807) is 6.92 Å². The highest BCUT2D eigenvalue weighted by Crippen LogP contribution is 1.97. The molecule has 1 atom stereocenters. The molecule has 0 saturated carbocycles. The second-order valence-electron chi connectivity index (χ2n) is 2.09. The molecular formula is C6H14N2OS. The third kappa shape index (κ3) is 4.64. The Hall–Kier alpha value is -0.220. The van der Waals surface area contributed by atoms with Gasteiger partial charge in [-0.2, -0.15) is 0 Å². The van der Waals surface area contributed by atoms with Gasteiger partial charge in [-0.15, -0.1) is 0 Å². The number of nitrogens with two attached hydrogens (primary N) is 1. The second-order valence-corrected chi connectivity index (χ2v) is 3.02. The lowest BCUT2D eigenvalue weighted by Crippen LogP contribution is -2.35. The molecular weight excluding hydrogens is 148 g/mol. The Morgan fingerprint density at radius 3 is 2.80 bits per heavy atom. The topological polar surface area (TPSA) is 55.1 Å². The molecule has 3 N–H and O–H groups in total. The predicted molar refractivity (Wildman–Crippen MR) is 44.5 cm³/mol. The third-order valence-electron chi connectivity index (χ3n) is 0.993. The Bertz CT molecular complexity index is 108. The number of hydrogen-bond acceptors (Lipinski definition) is 3. The Labute approximate surface area is 65.9 Å². The smallest absolute Gasteiger partial charge is 0.235 e. The van der Waals surface area contributed by atoms with E-state index in [4.69, 9.17) is 5.73 Å². The molecule has 0 radical (unpaired) electrons. The fourth-order valence-electron chi connectivity index (χ4n) is 0.344. The number of carbonyl (C=O) groups is 1. The van der Waals surface area contributed by atoms with Crippen molar-refractivity contribution in [1.29, 1.82) is 0 Å². The summed E-state index contributed by atoms with van der Waals surface area (Å²) >= 11 is 1.54. The highest BCUT2D eigenvalue weighted by Gasteiger charge is 2.05. The van der Waals surface area contributed by atoms with Crippen molar-refractivity contribution in [2.45, 2.75) is 26.3 Å². The first-order valence-electron chi connectivity index (χ1n) is 3.35. The van der Waals surface area contributed by atoms with Crippen molar-refractivity contribution < 1.29 is 4.79 Å². The van der Waals surface area contributed by atoms with Crippen LogP contribution in [-0.2, 0) is 4.79 Å². The molecule has 3 nitrogen and oxygen atoms in total. The molecule has 4 heteroatoms. The molecule has 0 aliphatic heterocycles. The van der Waals surface area contributed by atoms with Crippen LogP contribution in [0, 0.1) is 0 Å². The van der Waals surface area contributed by atoms with E-state index in [1.165, 1.54) is 11.9 Å². The van der Waals surface area contributed by atoms with E-state index < -0.39 is 0 Å². The van der Waals surface area contributed by atoms with Gasteiger partial charge in [-0.1, -0.05) is 18.9 Å². The number of hydrogen-bond donors (Lipinski definition) is 2. The van der Waals surface area contributed by atoms with Gasteiger partial charge in [0.2, 0.25) is 5.91 Å². The molecule has 0 spiro atoms. The molecule has 60 valence electrons. The minimum atomic E-state index is -0.302. The Morgan fingerprint density at radius 2 is 2.40 bits per heavy atom. The van der Waals surface area contributed by atoms with Gasteiger partial charge < -0.3 is 5.73 Å². The summed E-state index contributed by atoms with van der Waals surface area (Å²) in [5.41, 5.74) is 5.00. The van der Waals surface area contributed by atoms with Gasteiger partial charge >= 0.3 is 0 Å².